The predicted molar refractivity (Wildman–Crippen MR) is 80.6 cm³/mol. The van der Waals surface area contributed by atoms with Gasteiger partial charge in [0.1, 0.15) is 0 Å². The van der Waals surface area contributed by atoms with Gasteiger partial charge in [0.15, 0.2) is 0 Å². The maximum absolute atomic E-state index is 11.9. The second kappa shape index (κ2) is 6.34. The zero-order valence-corrected chi connectivity index (χ0v) is 13.1. The lowest BCUT2D eigenvalue weighted by molar-refractivity contribution is -0.139. The third-order valence-electron chi connectivity index (χ3n) is 4.75. The molecule has 2 aliphatic carbocycles. The fourth-order valence-electron chi connectivity index (χ4n) is 3.20. The average Bonchev–Trinajstić information content (AvgIpc) is 3.22. The SMILES string of the molecule is CC(C)(CCC(C1CC1)C1CC1)NC(=O)[C@@H](N)CC(=O)O. The number of carbonyl (C=O) groups is 2. The molecule has 5 heteroatoms. The fraction of sp³-hybridized carbons (Fsp3) is 0.875. The minimum Gasteiger partial charge on any atom is -0.481 e. The van der Waals surface area contributed by atoms with Crippen LogP contribution in [0.2, 0.25) is 0 Å². The van der Waals surface area contributed by atoms with Gasteiger partial charge in [0.25, 0.3) is 0 Å². The van der Waals surface area contributed by atoms with Gasteiger partial charge in [-0.3, -0.25) is 9.59 Å². The molecular weight excluding hydrogens is 268 g/mol. The van der Waals surface area contributed by atoms with Crippen molar-refractivity contribution in [1.29, 1.82) is 0 Å². The Labute approximate surface area is 126 Å². The van der Waals surface area contributed by atoms with Gasteiger partial charge in [-0.25, -0.2) is 0 Å². The summed E-state index contributed by atoms with van der Waals surface area (Å²) >= 11 is 0. The van der Waals surface area contributed by atoms with E-state index in [9.17, 15) is 9.59 Å². The van der Waals surface area contributed by atoms with E-state index >= 15 is 0 Å². The summed E-state index contributed by atoms with van der Waals surface area (Å²) in [5, 5.41) is 11.6. The van der Waals surface area contributed by atoms with Crippen LogP contribution in [0, 0.1) is 17.8 Å². The Morgan fingerprint density at radius 3 is 2.19 bits per heavy atom. The molecule has 1 atom stereocenters. The van der Waals surface area contributed by atoms with Gasteiger partial charge in [-0.15, -0.1) is 0 Å². The van der Waals surface area contributed by atoms with Crippen LogP contribution in [0.4, 0.5) is 0 Å². The van der Waals surface area contributed by atoms with Crippen LogP contribution in [0.5, 0.6) is 0 Å². The molecule has 2 fully saturated rings. The van der Waals surface area contributed by atoms with Crippen molar-refractivity contribution in [3.05, 3.63) is 0 Å². The quantitative estimate of drug-likeness (QED) is 0.606. The Hall–Kier alpha value is -1.10. The van der Waals surface area contributed by atoms with Gasteiger partial charge in [-0.1, -0.05) is 0 Å². The van der Waals surface area contributed by atoms with Gasteiger partial charge >= 0.3 is 5.97 Å². The molecule has 120 valence electrons. The van der Waals surface area contributed by atoms with Gasteiger partial charge in [-0.2, -0.15) is 0 Å². The summed E-state index contributed by atoms with van der Waals surface area (Å²) in [5.74, 6) is 1.25. The van der Waals surface area contributed by atoms with Crippen molar-refractivity contribution in [1.82, 2.24) is 5.32 Å². The molecule has 2 aliphatic rings. The minimum absolute atomic E-state index is 0.324. The number of carboxylic acid groups (broad SMARTS) is 1. The minimum atomic E-state index is -1.04. The monoisotopic (exact) mass is 296 g/mol. The number of aliphatic carboxylic acids is 1. The van der Waals surface area contributed by atoms with E-state index in [1.807, 2.05) is 13.8 Å². The molecule has 5 nitrogen and oxygen atoms in total. The van der Waals surface area contributed by atoms with Crippen LogP contribution in [0.25, 0.3) is 0 Å². The van der Waals surface area contributed by atoms with Crippen LogP contribution < -0.4 is 11.1 Å². The molecule has 0 unspecified atom stereocenters. The zero-order valence-electron chi connectivity index (χ0n) is 13.1. The fourth-order valence-corrected chi connectivity index (χ4v) is 3.20. The topological polar surface area (TPSA) is 92.4 Å². The second-order valence-electron chi connectivity index (χ2n) is 7.45. The molecule has 0 aliphatic heterocycles. The van der Waals surface area contributed by atoms with Crippen LogP contribution in [0.1, 0.15) is 58.8 Å². The standard InChI is InChI=1S/C16H28N2O3/c1-16(2,18-15(21)13(17)9-14(19)20)8-7-12(10-3-4-10)11-5-6-11/h10-13H,3-9,17H2,1-2H3,(H,18,21)(H,19,20)/t13-/m0/s1. The van der Waals surface area contributed by atoms with Crippen molar-refractivity contribution >= 4 is 11.9 Å². The highest BCUT2D eigenvalue weighted by molar-refractivity contribution is 5.86. The predicted octanol–water partition coefficient (Wildman–Crippen LogP) is 1.90. The molecule has 2 saturated carbocycles. The van der Waals surface area contributed by atoms with Gasteiger partial charge in [0, 0.05) is 5.54 Å². The summed E-state index contributed by atoms with van der Waals surface area (Å²) in [6.45, 7) is 3.99. The van der Waals surface area contributed by atoms with E-state index in [1.165, 1.54) is 25.7 Å². The highest BCUT2D eigenvalue weighted by Gasteiger charge is 2.41. The summed E-state index contributed by atoms with van der Waals surface area (Å²) in [6, 6.07) is -0.968. The van der Waals surface area contributed by atoms with Gasteiger partial charge in [0.05, 0.1) is 12.5 Å². The van der Waals surface area contributed by atoms with Crippen molar-refractivity contribution in [2.75, 3.05) is 0 Å². The summed E-state index contributed by atoms with van der Waals surface area (Å²) in [4.78, 5) is 22.5. The zero-order chi connectivity index (χ0) is 15.6. The Morgan fingerprint density at radius 1 is 1.24 bits per heavy atom. The van der Waals surface area contributed by atoms with Crippen molar-refractivity contribution in [3.63, 3.8) is 0 Å². The Balaban J connectivity index is 1.77. The molecule has 0 aromatic rings. The molecule has 0 heterocycles. The first-order valence-corrected chi connectivity index (χ1v) is 8.08. The van der Waals surface area contributed by atoms with Crippen LogP contribution in [0.15, 0.2) is 0 Å². The van der Waals surface area contributed by atoms with Gasteiger partial charge in [-0.05, 0) is 70.1 Å². The summed E-state index contributed by atoms with van der Waals surface area (Å²) in [5.41, 5.74) is 5.28. The first-order valence-electron chi connectivity index (χ1n) is 8.08. The maximum atomic E-state index is 11.9. The van der Waals surface area contributed by atoms with E-state index in [0.717, 1.165) is 30.6 Å². The number of rotatable bonds is 9. The number of amides is 1. The average molecular weight is 296 g/mol. The lowest BCUT2D eigenvalue weighted by Crippen LogP contribution is -2.51. The highest BCUT2D eigenvalue weighted by Crippen LogP contribution is 2.51. The number of carbonyl (C=O) groups excluding carboxylic acids is 1. The smallest absolute Gasteiger partial charge is 0.305 e. The molecule has 0 aromatic heterocycles. The van der Waals surface area contributed by atoms with E-state index in [2.05, 4.69) is 5.32 Å². The third kappa shape index (κ3) is 5.30. The van der Waals surface area contributed by atoms with Crippen LogP contribution in [-0.4, -0.2) is 28.6 Å². The first-order chi connectivity index (χ1) is 9.78. The normalized spacial score (nSPS) is 20.4. The van der Waals surface area contributed by atoms with E-state index in [0.29, 0.717) is 0 Å². The Morgan fingerprint density at radius 2 is 1.76 bits per heavy atom. The molecule has 0 aromatic carbocycles. The molecule has 4 N–H and O–H groups in total. The van der Waals surface area contributed by atoms with Crippen LogP contribution in [0.3, 0.4) is 0 Å². The molecule has 21 heavy (non-hydrogen) atoms. The number of carboxylic acids is 1. The van der Waals surface area contributed by atoms with Crippen molar-refractivity contribution < 1.29 is 14.7 Å². The van der Waals surface area contributed by atoms with Crippen molar-refractivity contribution in [2.45, 2.75) is 70.4 Å². The molecule has 0 spiro atoms. The highest BCUT2D eigenvalue weighted by atomic mass is 16.4. The third-order valence-corrected chi connectivity index (χ3v) is 4.75. The van der Waals surface area contributed by atoms with E-state index < -0.39 is 12.0 Å². The van der Waals surface area contributed by atoms with E-state index in [1.54, 1.807) is 0 Å². The van der Waals surface area contributed by atoms with Gasteiger partial charge in [0.2, 0.25) is 5.91 Å². The molecule has 0 radical (unpaired) electrons. The summed E-state index contributed by atoms with van der Waals surface area (Å²) in [7, 11) is 0. The Kier molecular flexibility index (Phi) is 4.91. The molecule has 0 saturated heterocycles. The summed E-state index contributed by atoms with van der Waals surface area (Å²) in [6.07, 6.45) is 7.24. The van der Waals surface area contributed by atoms with Crippen LogP contribution in [-0.2, 0) is 9.59 Å². The van der Waals surface area contributed by atoms with Gasteiger partial charge < -0.3 is 16.2 Å². The molecule has 2 rings (SSSR count). The lowest BCUT2D eigenvalue weighted by Gasteiger charge is -2.29. The van der Waals surface area contributed by atoms with E-state index in [-0.39, 0.29) is 17.9 Å². The second-order valence-corrected chi connectivity index (χ2v) is 7.45. The van der Waals surface area contributed by atoms with Crippen LogP contribution >= 0.6 is 0 Å². The number of hydrogen-bond donors (Lipinski definition) is 3. The molecular formula is C16H28N2O3. The lowest BCUT2D eigenvalue weighted by atomic mass is 9.86. The number of hydrogen-bond acceptors (Lipinski definition) is 3. The van der Waals surface area contributed by atoms with E-state index in [4.69, 9.17) is 10.8 Å². The maximum Gasteiger partial charge on any atom is 0.305 e. The largest absolute Gasteiger partial charge is 0.481 e. The Bertz CT molecular complexity index is 388. The summed E-state index contributed by atoms with van der Waals surface area (Å²) < 4.78 is 0. The van der Waals surface area contributed by atoms with Crippen molar-refractivity contribution in [3.8, 4) is 0 Å². The first kappa shape index (κ1) is 16.3. The van der Waals surface area contributed by atoms with Crippen molar-refractivity contribution in [2.24, 2.45) is 23.5 Å². The molecule has 0 bridgehead atoms. The molecule has 1 amide bonds. The number of nitrogens with two attached hydrogens (primary N) is 1. The number of nitrogens with one attached hydrogen (secondary N) is 1.